The second-order valence-electron chi connectivity index (χ2n) is 8.03. The fraction of sp³-hybridized carbons (Fsp3) is 0.458. The normalized spacial score (nSPS) is 20.4. The molecule has 2 aliphatic rings. The van der Waals surface area contributed by atoms with Gasteiger partial charge in [0.05, 0.1) is 0 Å². The van der Waals surface area contributed by atoms with Crippen LogP contribution in [0.5, 0.6) is 0 Å². The van der Waals surface area contributed by atoms with E-state index in [1.165, 1.54) is 43.4 Å². The van der Waals surface area contributed by atoms with Crippen LogP contribution < -0.4 is 4.90 Å². The Morgan fingerprint density at radius 1 is 1.04 bits per heavy atom. The van der Waals surface area contributed by atoms with Gasteiger partial charge in [0.1, 0.15) is 0 Å². The van der Waals surface area contributed by atoms with Crippen molar-refractivity contribution >= 4 is 11.6 Å². The van der Waals surface area contributed by atoms with Gasteiger partial charge in [-0.1, -0.05) is 49.4 Å². The molecule has 1 fully saturated rings. The number of carbonyl (C=O) groups is 1. The van der Waals surface area contributed by atoms with Crippen LogP contribution in [0.25, 0.3) is 0 Å². The fourth-order valence-electron chi connectivity index (χ4n) is 4.78. The van der Waals surface area contributed by atoms with Gasteiger partial charge in [-0.15, -0.1) is 0 Å². The Balaban J connectivity index is 1.43. The van der Waals surface area contributed by atoms with Gasteiger partial charge in [-0.3, -0.25) is 9.69 Å². The predicted molar refractivity (Wildman–Crippen MR) is 111 cm³/mol. The van der Waals surface area contributed by atoms with Crippen molar-refractivity contribution in [3.8, 4) is 0 Å². The lowest BCUT2D eigenvalue weighted by molar-refractivity contribution is -0.118. The zero-order valence-electron chi connectivity index (χ0n) is 16.3. The minimum absolute atomic E-state index is 0.228. The third kappa shape index (κ3) is 4.08. The van der Waals surface area contributed by atoms with Crippen LogP contribution in [-0.2, 0) is 17.6 Å². The van der Waals surface area contributed by atoms with Gasteiger partial charge in [-0.25, -0.2) is 0 Å². The summed E-state index contributed by atoms with van der Waals surface area (Å²) >= 11 is 0. The molecule has 0 saturated carbocycles. The molecule has 0 N–H and O–H groups in total. The van der Waals surface area contributed by atoms with E-state index in [1.54, 1.807) is 0 Å². The van der Waals surface area contributed by atoms with E-state index in [4.69, 9.17) is 0 Å². The number of nitrogens with zero attached hydrogens (tertiary/aromatic N) is 2. The Kier molecular flexibility index (Phi) is 5.58. The molecule has 27 heavy (non-hydrogen) atoms. The first-order valence-corrected chi connectivity index (χ1v) is 10.4. The topological polar surface area (TPSA) is 23.6 Å². The number of anilines is 1. The maximum Gasteiger partial charge on any atom is 0.226 e. The fourth-order valence-corrected chi connectivity index (χ4v) is 4.78. The van der Waals surface area contributed by atoms with Crippen LogP contribution in [0.4, 0.5) is 5.69 Å². The van der Waals surface area contributed by atoms with Gasteiger partial charge in [0.25, 0.3) is 0 Å². The van der Waals surface area contributed by atoms with Crippen molar-refractivity contribution in [2.75, 3.05) is 24.5 Å². The van der Waals surface area contributed by atoms with Crippen molar-refractivity contribution in [3.63, 3.8) is 0 Å². The van der Waals surface area contributed by atoms with E-state index in [1.807, 2.05) is 30.0 Å². The van der Waals surface area contributed by atoms with E-state index >= 15 is 0 Å². The molecule has 1 heterocycles. The van der Waals surface area contributed by atoms with E-state index in [2.05, 4.69) is 41.3 Å². The number of fused-ring (bicyclic) bond motifs is 1. The third-order valence-corrected chi connectivity index (χ3v) is 6.21. The zero-order chi connectivity index (χ0) is 18.6. The van der Waals surface area contributed by atoms with Crippen LogP contribution in [-0.4, -0.2) is 36.5 Å². The van der Waals surface area contributed by atoms with Crippen LogP contribution >= 0.6 is 0 Å². The molecular weight excluding hydrogens is 332 g/mol. The number of rotatable bonds is 5. The van der Waals surface area contributed by atoms with Crippen molar-refractivity contribution in [3.05, 3.63) is 65.7 Å². The molecular formula is C24H30N2O. The highest BCUT2D eigenvalue weighted by atomic mass is 16.2. The number of carbonyl (C=O) groups excluding carboxylic acids is 1. The lowest BCUT2D eigenvalue weighted by Gasteiger charge is -2.38. The minimum Gasteiger partial charge on any atom is -0.312 e. The smallest absolute Gasteiger partial charge is 0.226 e. The Bertz CT molecular complexity index is 748. The third-order valence-electron chi connectivity index (χ3n) is 6.21. The molecule has 4 rings (SSSR count). The van der Waals surface area contributed by atoms with E-state index < -0.39 is 0 Å². The van der Waals surface area contributed by atoms with E-state index in [-0.39, 0.29) is 5.91 Å². The van der Waals surface area contributed by atoms with Gasteiger partial charge in [-0.05, 0) is 61.4 Å². The molecule has 0 radical (unpaired) electrons. The first kappa shape index (κ1) is 18.2. The van der Waals surface area contributed by atoms with E-state index in [0.717, 1.165) is 18.8 Å². The summed E-state index contributed by atoms with van der Waals surface area (Å²) in [5.41, 5.74) is 4.09. The average Bonchev–Trinajstić information content (AvgIpc) is 3.17. The van der Waals surface area contributed by atoms with Crippen LogP contribution in [0.2, 0.25) is 0 Å². The van der Waals surface area contributed by atoms with Crippen molar-refractivity contribution in [1.29, 1.82) is 0 Å². The number of hydrogen-bond acceptors (Lipinski definition) is 2. The number of piperidine rings is 1. The lowest BCUT2D eigenvalue weighted by Crippen LogP contribution is -2.47. The van der Waals surface area contributed by atoms with Gasteiger partial charge in [0.2, 0.25) is 5.91 Å². The Hall–Kier alpha value is -2.13. The molecule has 142 valence electrons. The Morgan fingerprint density at radius 2 is 1.70 bits per heavy atom. The van der Waals surface area contributed by atoms with Crippen LogP contribution in [0.1, 0.15) is 37.3 Å². The van der Waals surface area contributed by atoms with E-state index in [9.17, 15) is 4.79 Å². The van der Waals surface area contributed by atoms with Crippen molar-refractivity contribution < 1.29 is 4.79 Å². The molecule has 3 nitrogen and oxygen atoms in total. The van der Waals surface area contributed by atoms with Gasteiger partial charge >= 0.3 is 0 Å². The monoisotopic (exact) mass is 362 g/mol. The highest BCUT2D eigenvalue weighted by Crippen LogP contribution is 2.29. The molecule has 1 saturated heterocycles. The molecule has 2 aromatic rings. The molecule has 3 heteroatoms. The Labute approximate surface area is 163 Å². The molecule has 0 bridgehead atoms. The van der Waals surface area contributed by atoms with E-state index in [0.29, 0.717) is 18.4 Å². The number of para-hydroxylation sites is 1. The zero-order valence-corrected chi connectivity index (χ0v) is 16.3. The summed E-state index contributed by atoms with van der Waals surface area (Å²) in [6, 6.07) is 19.7. The van der Waals surface area contributed by atoms with Gasteiger partial charge < -0.3 is 4.90 Å². The molecule has 1 amide bonds. The molecule has 0 unspecified atom stereocenters. The molecule has 1 aliphatic carbocycles. The van der Waals surface area contributed by atoms with Crippen molar-refractivity contribution in [1.82, 2.24) is 4.90 Å². The molecule has 1 atom stereocenters. The Morgan fingerprint density at radius 3 is 2.37 bits per heavy atom. The molecule has 0 aromatic heterocycles. The predicted octanol–water partition coefficient (Wildman–Crippen LogP) is 4.31. The summed E-state index contributed by atoms with van der Waals surface area (Å²) < 4.78 is 0. The van der Waals surface area contributed by atoms with Crippen LogP contribution in [0.3, 0.4) is 0 Å². The number of hydrogen-bond donors (Lipinski definition) is 0. The highest BCUT2D eigenvalue weighted by Gasteiger charge is 2.31. The summed E-state index contributed by atoms with van der Waals surface area (Å²) in [4.78, 5) is 17.3. The number of amides is 1. The second kappa shape index (κ2) is 8.26. The quantitative estimate of drug-likeness (QED) is 0.791. The molecule has 0 spiro atoms. The highest BCUT2D eigenvalue weighted by molar-refractivity contribution is 5.93. The van der Waals surface area contributed by atoms with Crippen molar-refractivity contribution in [2.24, 2.45) is 5.92 Å². The number of likely N-dealkylation sites (tertiary alicyclic amines) is 1. The van der Waals surface area contributed by atoms with Crippen LogP contribution in [0.15, 0.2) is 54.6 Å². The van der Waals surface area contributed by atoms with Gasteiger partial charge in [-0.2, -0.15) is 0 Å². The minimum atomic E-state index is 0.228. The maximum atomic E-state index is 12.6. The van der Waals surface area contributed by atoms with Crippen molar-refractivity contribution in [2.45, 2.75) is 45.1 Å². The SMILES string of the molecule is CCC(=O)N(C[C@@H]1CCCN(C2Cc3ccccc3C2)C1)c1ccccc1. The van der Waals surface area contributed by atoms with Gasteiger partial charge in [0.15, 0.2) is 0 Å². The standard InChI is InChI=1S/C24H30N2O/c1-2-24(27)26(22-12-4-3-5-13-22)18-19-9-8-14-25(17-19)23-15-20-10-6-7-11-21(20)16-23/h3-7,10-13,19,23H,2,8-9,14-18H2,1H3/t19-/m1/s1. The van der Waals surface area contributed by atoms with Crippen LogP contribution in [0, 0.1) is 5.92 Å². The summed E-state index contributed by atoms with van der Waals surface area (Å²) in [5, 5.41) is 0. The van der Waals surface area contributed by atoms with Gasteiger partial charge in [0, 0.05) is 31.2 Å². The average molecular weight is 363 g/mol. The first-order valence-electron chi connectivity index (χ1n) is 10.4. The second-order valence-corrected chi connectivity index (χ2v) is 8.03. The summed E-state index contributed by atoms with van der Waals surface area (Å²) in [6.07, 6.45) is 5.37. The summed E-state index contributed by atoms with van der Waals surface area (Å²) in [5.74, 6) is 0.782. The maximum absolute atomic E-state index is 12.6. The largest absolute Gasteiger partial charge is 0.312 e. The number of benzene rings is 2. The lowest BCUT2D eigenvalue weighted by atomic mass is 9.95. The summed E-state index contributed by atoms with van der Waals surface area (Å²) in [7, 11) is 0. The summed E-state index contributed by atoms with van der Waals surface area (Å²) in [6.45, 7) is 5.11. The molecule has 1 aliphatic heterocycles. The first-order chi connectivity index (χ1) is 13.2. The molecule has 2 aromatic carbocycles.